The summed E-state index contributed by atoms with van der Waals surface area (Å²) < 4.78 is 0. The van der Waals surface area contributed by atoms with Crippen molar-refractivity contribution in [1.82, 2.24) is 10.2 Å². The third kappa shape index (κ3) is 2.72. The van der Waals surface area contributed by atoms with Crippen LogP contribution in [0.1, 0.15) is 32.0 Å². The van der Waals surface area contributed by atoms with Crippen LogP contribution in [0.5, 0.6) is 0 Å². The number of aromatic amines is 1. The minimum Gasteiger partial charge on any atom is -0.363 e. The minimum absolute atomic E-state index is 0.162. The summed E-state index contributed by atoms with van der Waals surface area (Å²) in [5.41, 5.74) is 0.822. The quantitative estimate of drug-likeness (QED) is 0.763. The molecule has 0 aliphatic rings. The van der Waals surface area contributed by atoms with Crippen LogP contribution in [0.25, 0.3) is 0 Å². The number of rotatable bonds is 2. The van der Waals surface area contributed by atoms with Crippen LogP contribution in [-0.4, -0.2) is 15.7 Å². The summed E-state index contributed by atoms with van der Waals surface area (Å²) in [5, 5.41) is 27.3. The number of aromatic nitrogens is 2. The first-order valence-electron chi connectivity index (χ1n) is 4.60. The lowest BCUT2D eigenvalue weighted by Crippen LogP contribution is -2.26. The Morgan fingerprint density at radius 2 is 2.07 bits per heavy atom. The van der Waals surface area contributed by atoms with Gasteiger partial charge < -0.3 is 5.32 Å². The van der Waals surface area contributed by atoms with Crippen molar-refractivity contribution in [3.63, 3.8) is 0 Å². The molecule has 0 saturated heterocycles. The molecule has 0 aromatic carbocycles. The highest BCUT2D eigenvalue weighted by atomic mass is 15.2. The second-order valence-corrected chi connectivity index (χ2v) is 4.25. The molecule has 0 atom stereocenters. The molecule has 1 aromatic rings. The van der Waals surface area contributed by atoms with Gasteiger partial charge in [0.05, 0.1) is 18.2 Å². The zero-order chi connectivity index (χ0) is 11.5. The van der Waals surface area contributed by atoms with Crippen molar-refractivity contribution in [3.8, 4) is 12.1 Å². The molecule has 1 rings (SSSR count). The maximum absolute atomic E-state index is 8.95. The van der Waals surface area contributed by atoms with Crippen LogP contribution in [0, 0.1) is 22.7 Å². The smallest absolute Gasteiger partial charge is 0.166 e. The number of H-pyrrole nitrogens is 1. The van der Waals surface area contributed by atoms with Crippen LogP contribution in [-0.2, 0) is 6.42 Å². The first-order chi connectivity index (χ1) is 6.98. The first kappa shape index (κ1) is 11.1. The average molecular weight is 203 g/mol. The van der Waals surface area contributed by atoms with Crippen molar-refractivity contribution in [2.45, 2.75) is 32.7 Å². The summed E-state index contributed by atoms with van der Waals surface area (Å²) in [6.07, 6.45) is 0.168. The molecular weight excluding hydrogens is 190 g/mol. The van der Waals surface area contributed by atoms with Crippen LogP contribution < -0.4 is 5.32 Å². The maximum Gasteiger partial charge on any atom is 0.166 e. The second kappa shape index (κ2) is 4.02. The van der Waals surface area contributed by atoms with E-state index in [1.807, 2.05) is 32.9 Å². The Morgan fingerprint density at radius 1 is 1.40 bits per heavy atom. The fourth-order valence-corrected chi connectivity index (χ4v) is 1.15. The molecule has 0 fully saturated rings. The lowest BCUT2D eigenvalue weighted by molar-refractivity contribution is 0.629. The van der Waals surface area contributed by atoms with E-state index in [9.17, 15) is 0 Å². The predicted octanol–water partition coefficient (Wildman–Crippen LogP) is 1.56. The molecule has 5 heteroatoms. The van der Waals surface area contributed by atoms with Crippen LogP contribution in [0.3, 0.4) is 0 Å². The Morgan fingerprint density at radius 3 is 2.53 bits per heavy atom. The molecule has 0 spiro atoms. The Kier molecular flexibility index (Phi) is 2.96. The Hall–Kier alpha value is -2.01. The number of nitrogens with one attached hydrogen (secondary N) is 2. The van der Waals surface area contributed by atoms with E-state index in [2.05, 4.69) is 15.5 Å². The van der Waals surface area contributed by atoms with Gasteiger partial charge in [-0.2, -0.15) is 15.6 Å². The predicted molar refractivity (Wildman–Crippen MR) is 56.0 cm³/mol. The van der Waals surface area contributed by atoms with Crippen LogP contribution in [0.4, 0.5) is 5.82 Å². The third-order valence-corrected chi connectivity index (χ3v) is 1.70. The lowest BCUT2D eigenvalue weighted by Gasteiger charge is -2.20. The van der Waals surface area contributed by atoms with Crippen molar-refractivity contribution in [2.24, 2.45) is 0 Å². The standard InChI is InChI=1S/C10H13N5/c1-10(2,3)13-9-7(6-12)8(4-5-11)14-15-9/h4H2,1-3H3,(H2,13,14,15). The molecule has 0 radical (unpaired) electrons. The number of nitriles is 2. The first-order valence-corrected chi connectivity index (χ1v) is 4.60. The second-order valence-electron chi connectivity index (χ2n) is 4.25. The SMILES string of the molecule is CC(C)(C)Nc1n[nH]c(CC#N)c1C#N. The average Bonchev–Trinajstić information content (AvgIpc) is 2.45. The van der Waals surface area contributed by atoms with Gasteiger partial charge in [0, 0.05) is 5.54 Å². The van der Waals surface area contributed by atoms with Gasteiger partial charge in [-0.05, 0) is 20.8 Å². The monoisotopic (exact) mass is 203 g/mol. The molecule has 0 bridgehead atoms. The van der Waals surface area contributed by atoms with E-state index in [1.165, 1.54) is 0 Å². The van der Waals surface area contributed by atoms with Crippen molar-refractivity contribution < 1.29 is 0 Å². The van der Waals surface area contributed by atoms with Crippen LogP contribution >= 0.6 is 0 Å². The Labute approximate surface area is 88.7 Å². The number of hydrogen-bond acceptors (Lipinski definition) is 4. The topological polar surface area (TPSA) is 88.3 Å². The van der Waals surface area contributed by atoms with E-state index < -0.39 is 0 Å². The van der Waals surface area contributed by atoms with Gasteiger partial charge in [-0.3, -0.25) is 5.10 Å². The van der Waals surface area contributed by atoms with Crippen molar-refractivity contribution >= 4 is 5.82 Å². The van der Waals surface area contributed by atoms with Gasteiger partial charge in [0.15, 0.2) is 5.82 Å². The van der Waals surface area contributed by atoms with Crippen LogP contribution in [0.2, 0.25) is 0 Å². The van der Waals surface area contributed by atoms with Gasteiger partial charge in [0.2, 0.25) is 0 Å². The lowest BCUT2D eigenvalue weighted by atomic mass is 10.1. The fourth-order valence-electron chi connectivity index (χ4n) is 1.15. The number of anilines is 1. The summed E-state index contributed by atoms with van der Waals surface area (Å²) >= 11 is 0. The summed E-state index contributed by atoms with van der Waals surface area (Å²) in [7, 11) is 0. The van der Waals surface area contributed by atoms with Gasteiger partial charge >= 0.3 is 0 Å². The molecule has 1 heterocycles. The molecule has 0 saturated carbocycles. The van der Waals surface area contributed by atoms with Crippen molar-refractivity contribution in [2.75, 3.05) is 5.32 Å². The molecule has 5 nitrogen and oxygen atoms in total. The molecule has 78 valence electrons. The highest BCUT2D eigenvalue weighted by Crippen LogP contribution is 2.19. The Balaban J connectivity index is 3.02. The highest BCUT2D eigenvalue weighted by molar-refractivity contribution is 5.55. The maximum atomic E-state index is 8.95. The van der Waals surface area contributed by atoms with E-state index in [0.717, 1.165) is 0 Å². The number of nitrogens with zero attached hydrogens (tertiary/aromatic N) is 3. The molecular formula is C10H13N5. The van der Waals surface area contributed by atoms with Gasteiger partial charge in [-0.15, -0.1) is 0 Å². The summed E-state index contributed by atoms with van der Waals surface area (Å²) in [4.78, 5) is 0. The molecule has 1 aromatic heterocycles. The zero-order valence-corrected chi connectivity index (χ0v) is 9.05. The minimum atomic E-state index is -0.162. The van der Waals surface area contributed by atoms with E-state index in [-0.39, 0.29) is 12.0 Å². The largest absolute Gasteiger partial charge is 0.363 e. The number of hydrogen-bond donors (Lipinski definition) is 2. The zero-order valence-electron chi connectivity index (χ0n) is 9.05. The van der Waals surface area contributed by atoms with Crippen LogP contribution in [0.15, 0.2) is 0 Å². The van der Waals surface area contributed by atoms with E-state index in [1.54, 1.807) is 0 Å². The van der Waals surface area contributed by atoms with Crippen molar-refractivity contribution in [3.05, 3.63) is 11.3 Å². The van der Waals surface area contributed by atoms with Gasteiger partial charge in [0.1, 0.15) is 11.6 Å². The van der Waals surface area contributed by atoms with Gasteiger partial charge in [0.25, 0.3) is 0 Å². The highest BCUT2D eigenvalue weighted by Gasteiger charge is 2.17. The van der Waals surface area contributed by atoms with E-state index >= 15 is 0 Å². The normalized spacial score (nSPS) is 10.5. The van der Waals surface area contributed by atoms with Gasteiger partial charge in [-0.1, -0.05) is 0 Å². The summed E-state index contributed by atoms with van der Waals surface area (Å²) in [5.74, 6) is 0.509. The Bertz CT molecular complexity index is 424. The van der Waals surface area contributed by atoms with Gasteiger partial charge in [-0.25, -0.2) is 0 Å². The molecule has 2 N–H and O–H groups in total. The van der Waals surface area contributed by atoms with E-state index in [4.69, 9.17) is 10.5 Å². The molecule has 0 aliphatic heterocycles. The fraction of sp³-hybridized carbons (Fsp3) is 0.500. The van der Waals surface area contributed by atoms with Crippen molar-refractivity contribution in [1.29, 1.82) is 10.5 Å². The third-order valence-electron chi connectivity index (χ3n) is 1.70. The molecule has 0 aliphatic carbocycles. The summed E-state index contributed by atoms with van der Waals surface area (Å²) in [6.45, 7) is 5.94. The summed E-state index contributed by atoms with van der Waals surface area (Å²) in [6, 6.07) is 4.03. The van der Waals surface area contributed by atoms with E-state index in [0.29, 0.717) is 17.1 Å². The molecule has 15 heavy (non-hydrogen) atoms. The molecule has 0 unspecified atom stereocenters. The molecule has 0 amide bonds.